The van der Waals surface area contributed by atoms with Crippen molar-refractivity contribution in [2.24, 2.45) is 11.3 Å². The fourth-order valence-electron chi connectivity index (χ4n) is 3.44. The minimum absolute atomic E-state index is 0.674. The summed E-state index contributed by atoms with van der Waals surface area (Å²) in [7, 11) is 1.93. The molecule has 0 unspecified atom stereocenters. The van der Waals surface area contributed by atoms with Gasteiger partial charge in [0, 0.05) is 32.7 Å². The summed E-state index contributed by atoms with van der Waals surface area (Å²) in [6, 6.07) is 0. The van der Waals surface area contributed by atoms with Crippen LogP contribution in [-0.4, -0.2) is 62.7 Å². The van der Waals surface area contributed by atoms with E-state index in [1.54, 1.807) is 0 Å². The number of piperidine rings is 1. The van der Waals surface area contributed by atoms with Crippen LogP contribution in [0.25, 0.3) is 0 Å². The molecular weight excluding hydrogens is 224 g/mol. The highest BCUT2D eigenvalue weighted by Gasteiger charge is 2.44. The van der Waals surface area contributed by atoms with Gasteiger partial charge in [0.25, 0.3) is 0 Å². The molecule has 2 N–H and O–H groups in total. The molecule has 2 fully saturated rings. The molecule has 0 radical (unpaired) electrons. The van der Waals surface area contributed by atoms with E-state index in [2.05, 4.69) is 34.5 Å². The molecule has 0 amide bonds. The lowest BCUT2D eigenvalue weighted by Gasteiger charge is -2.54. The molecule has 0 saturated carbocycles. The first-order valence-corrected chi connectivity index (χ1v) is 7.48. The van der Waals surface area contributed by atoms with Crippen molar-refractivity contribution in [2.45, 2.75) is 26.7 Å². The van der Waals surface area contributed by atoms with Crippen molar-refractivity contribution in [3.63, 3.8) is 0 Å². The van der Waals surface area contributed by atoms with Gasteiger partial charge in [-0.3, -0.25) is 10.9 Å². The zero-order chi connectivity index (χ0) is 13.0. The molecule has 0 atom stereocenters. The fraction of sp³-hybridized carbons (Fsp3) is 1.00. The lowest BCUT2D eigenvalue weighted by molar-refractivity contribution is -0.0470. The highest BCUT2D eigenvalue weighted by atomic mass is 15.3. The number of nitrogens with one attached hydrogen (secondary N) is 2. The van der Waals surface area contributed by atoms with E-state index in [0.29, 0.717) is 5.41 Å². The Morgan fingerprint density at radius 3 is 2.33 bits per heavy atom. The molecule has 0 aromatic heterocycles. The number of hydrogen-bond acceptors (Lipinski definition) is 4. The number of hydrazine groups is 1. The van der Waals surface area contributed by atoms with Crippen LogP contribution < -0.4 is 10.9 Å². The Morgan fingerprint density at radius 1 is 1.11 bits per heavy atom. The van der Waals surface area contributed by atoms with Crippen molar-refractivity contribution in [1.29, 1.82) is 0 Å². The lowest BCUT2D eigenvalue weighted by Crippen LogP contribution is -2.61. The fourth-order valence-corrected chi connectivity index (χ4v) is 3.44. The van der Waals surface area contributed by atoms with Crippen LogP contribution >= 0.6 is 0 Å². The first-order valence-electron chi connectivity index (χ1n) is 7.48. The topological polar surface area (TPSA) is 30.5 Å². The second-order valence-electron chi connectivity index (χ2n) is 6.58. The number of likely N-dealkylation sites (tertiary alicyclic amines) is 2. The summed E-state index contributed by atoms with van der Waals surface area (Å²) in [5, 5.41) is 0. The largest absolute Gasteiger partial charge is 0.303 e. The molecule has 4 nitrogen and oxygen atoms in total. The third-order valence-corrected chi connectivity index (χ3v) is 4.39. The maximum absolute atomic E-state index is 3.17. The van der Waals surface area contributed by atoms with Gasteiger partial charge in [0.2, 0.25) is 0 Å². The normalized spacial score (nSPS) is 24.7. The van der Waals surface area contributed by atoms with Crippen LogP contribution in [0.3, 0.4) is 0 Å². The van der Waals surface area contributed by atoms with Crippen LogP contribution in [0.4, 0.5) is 0 Å². The maximum Gasteiger partial charge on any atom is 0.0228 e. The van der Waals surface area contributed by atoms with Gasteiger partial charge in [0.1, 0.15) is 0 Å². The second-order valence-corrected chi connectivity index (χ2v) is 6.58. The van der Waals surface area contributed by atoms with Gasteiger partial charge in [-0.1, -0.05) is 13.8 Å². The van der Waals surface area contributed by atoms with Gasteiger partial charge < -0.3 is 9.80 Å². The average molecular weight is 254 g/mol. The lowest BCUT2D eigenvalue weighted by atomic mass is 9.72. The molecule has 1 spiro atoms. The van der Waals surface area contributed by atoms with Crippen molar-refractivity contribution in [1.82, 2.24) is 20.7 Å². The molecule has 2 saturated heterocycles. The molecular formula is C14H30N4. The zero-order valence-corrected chi connectivity index (χ0v) is 12.3. The molecule has 2 aliphatic heterocycles. The predicted octanol–water partition coefficient (Wildman–Crippen LogP) is 0.764. The molecule has 0 aromatic carbocycles. The summed E-state index contributed by atoms with van der Waals surface area (Å²) in [5.74, 6) is 0.810. The summed E-state index contributed by atoms with van der Waals surface area (Å²) in [4.78, 5) is 5.24. The molecule has 106 valence electrons. The van der Waals surface area contributed by atoms with E-state index in [-0.39, 0.29) is 0 Å². The van der Waals surface area contributed by atoms with Crippen molar-refractivity contribution < 1.29 is 0 Å². The highest BCUT2D eigenvalue weighted by Crippen LogP contribution is 2.40. The number of rotatable bonds is 6. The summed E-state index contributed by atoms with van der Waals surface area (Å²) < 4.78 is 0. The maximum atomic E-state index is 3.17. The van der Waals surface area contributed by atoms with Gasteiger partial charge in [-0.2, -0.15) is 0 Å². The number of hydrogen-bond donors (Lipinski definition) is 2. The molecule has 2 heterocycles. The van der Waals surface area contributed by atoms with E-state index < -0.39 is 0 Å². The van der Waals surface area contributed by atoms with Crippen molar-refractivity contribution in [3.05, 3.63) is 0 Å². The van der Waals surface area contributed by atoms with Crippen LogP contribution in [0, 0.1) is 11.3 Å². The molecule has 18 heavy (non-hydrogen) atoms. The molecule has 4 heteroatoms. The van der Waals surface area contributed by atoms with Gasteiger partial charge >= 0.3 is 0 Å². The summed E-state index contributed by atoms with van der Waals surface area (Å²) in [6.07, 6.45) is 2.82. The average Bonchev–Trinajstić information content (AvgIpc) is 2.29. The second kappa shape index (κ2) is 6.33. The van der Waals surface area contributed by atoms with Crippen LogP contribution in [0.2, 0.25) is 0 Å². The smallest absolute Gasteiger partial charge is 0.0228 e. The van der Waals surface area contributed by atoms with Gasteiger partial charge in [-0.25, -0.2) is 0 Å². The van der Waals surface area contributed by atoms with Crippen LogP contribution in [0.1, 0.15) is 26.7 Å². The highest BCUT2D eigenvalue weighted by molar-refractivity contribution is 4.98. The Hall–Kier alpha value is -0.160. The van der Waals surface area contributed by atoms with Crippen LogP contribution in [-0.2, 0) is 0 Å². The molecule has 0 aromatic rings. The first kappa shape index (κ1) is 14.3. The minimum Gasteiger partial charge on any atom is -0.303 e. The van der Waals surface area contributed by atoms with E-state index in [9.17, 15) is 0 Å². The minimum atomic E-state index is 0.674. The van der Waals surface area contributed by atoms with Gasteiger partial charge in [0.15, 0.2) is 0 Å². The third kappa shape index (κ3) is 3.67. The number of nitrogens with zero attached hydrogens (tertiary/aromatic N) is 2. The van der Waals surface area contributed by atoms with Gasteiger partial charge in [-0.05, 0) is 44.3 Å². The van der Waals surface area contributed by atoms with Crippen molar-refractivity contribution in [3.8, 4) is 0 Å². The first-order chi connectivity index (χ1) is 8.63. The Kier molecular flexibility index (Phi) is 5.01. The quantitative estimate of drug-likeness (QED) is 0.541. The predicted molar refractivity (Wildman–Crippen MR) is 76.4 cm³/mol. The van der Waals surface area contributed by atoms with E-state index >= 15 is 0 Å². The third-order valence-electron chi connectivity index (χ3n) is 4.39. The van der Waals surface area contributed by atoms with Crippen molar-refractivity contribution >= 4 is 0 Å². The Labute approximate surface area is 112 Å². The van der Waals surface area contributed by atoms with Gasteiger partial charge in [0.05, 0.1) is 0 Å². The van der Waals surface area contributed by atoms with Crippen LogP contribution in [0.5, 0.6) is 0 Å². The SMILES string of the molecule is CNNCCN1CC2(CCN(CC(C)C)CC2)C1. The van der Waals surface area contributed by atoms with Crippen molar-refractivity contribution in [2.75, 3.05) is 52.9 Å². The summed E-state index contributed by atoms with van der Waals surface area (Å²) >= 11 is 0. The monoisotopic (exact) mass is 254 g/mol. The summed E-state index contributed by atoms with van der Waals surface area (Å²) in [6.45, 7) is 13.5. The molecule has 2 aliphatic rings. The molecule has 0 aliphatic carbocycles. The molecule has 2 rings (SSSR count). The Balaban J connectivity index is 1.62. The van der Waals surface area contributed by atoms with E-state index in [4.69, 9.17) is 0 Å². The van der Waals surface area contributed by atoms with E-state index in [1.165, 1.54) is 52.1 Å². The van der Waals surface area contributed by atoms with Crippen LogP contribution in [0.15, 0.2) is 0 Å². The zero-order valence-electron chi connectivity index (χ0n) is 12.3. The van der Waals surface area contributed by atoms with E-state index in [0.717, 1.165) is 12.5 Å². The Bertz CT molecular complexity index is 238. The van der Waals surface area contributed by atoms with E-state index in [1.807, 2.05) is 7.05 Å². The molecule has 0 bridgehead atoms. The Morgan fingerprint density at radius 2 is 1.78 bits per heavy atom. The summed E-state index contributed by atoms with van der Waals surface area (Å²) in [5.41, 5.74) is 6.82. The van der Waals surface area contributed by atoms with Gasteiger partial charge in [-0.15, -0.1) is 0 Å². The standard InChI is InChI=1S/C14H30N4/c1-13(2)10-17-7-4-14(5-8-17)11-18(12-14)9-6-16-15-3/h13,15-16H,4-12H2,1-3H3.